The van der Waals surface area contributed by atoms with Crippen molar-refractivity contribution in [1.29, 1.82) is 0 Å². The molecule has 0 spiro atoms. The highest BCUT2D eigenvalue weighted by atomic mass is 16.3. The van der Waals surface area contributed by atoms with Crippen LogP contribution in [0.15, 0.2) is 84.9 Å². The van der Waals surface area contributed by atoms with E-state index in [1.54, 1.807) is 11.9 Å². The average Bonchev–Trinajstić information content (AvgIpc) is 3.38. The number of rotatable bonds is 8. The van der Waals surface area contributed by atoms with Crippen LogP contribution < -0.4 is 10.6 Å². The van der Waals surface area contributed by atoms with E-state index in [1.807, 2.05) is 84.9 Å². The summed E-state index contributed by atoms with van der Waals surface area (Å²) in [6.07, 6.45) is 0.163. The van der Waals surface area contributed by atoms with Crippen molar-refractivity contribution in [3.05, 3.63) is 107 Å². The minimum Gasteiger partial charge on any atom is -0.391 e. The molecule has 40 heavy (non-hydrogen) atoms. The van der Waals surface area contributed by atoms with Gasteiger partial charge in [-0.2, -0.15) is 0 Å². The van der Waals surface area contributed by atoms with Gasteiger partial charge in [-0.3, -0.25) is 14.4 Å². The molecular formula is C32H36N4O4. The van der Waals surface area contributed by atoms with Crippen LogP contribution in [0.25, 0.3) is 0 Å². The van der Waals surface area contributed by atoms with Crippen LogP contribution >= 0.6 is 0 Å². The lowest BCUT2D eigenvalue weighted by atomic mass is 9.95. The molecule has 0 unspecified atom stereocenters. The first kappa shape index (κ1) is 27.6. The van der Waals surface area contributed by atoms with Crippen LogP contribution in [0, 0.1) is 0 Å². The average molecular weight is 541 g/mol. The van der Waals surface area contributed by atoms with Gasteiger partial charge >= 0.3 is 0 Å². The number of carbonyl (C=O) groups excluding carboxylic acids is 3. The highest BCUT2D eigenvalue weighted by molar-refractivity contribution is 5.94. The van der Waals surface area contributed by atoms with Gasteiger partial charge in [-0.25, -0.2) is 0 Å². The third kappa shape index (κ3) is 6.41. The molecule has 0 aliphatic carbocycles. The fourth-order valence-corrected chi connectivity index (χ4v) is 5.65. The van der Waals surface area contributed by atoms with Crippen LogP contribution in [0.2, 0.25) is 0 Å². The van der Waals surface area contributed by atoms with Gasteiger partial charge in [0.2, 0.25) is 17.7 Å². The number of β-amino-alcohol motifs (C(OH)–C–C–N with tert-alkyl or cyclic N) is 1. The van der Waals surface area contributed by atoms with Crippen molar-refractivity contribution in [3.8, 4) is 0 Å². The van der Waals surface area contributed by atoms with Crippen molar-refractivity contribution in [3.63, 3.8) is 0 Å². The van der Waals surface area contributed by atoms with E-state index < -0.39 is 30.1 Å². The molecule has 5 rings (SSSR count). The van der Waals surface area contributed by atoms with Crippen molar-refractivity contribution in [2.45, 2.75) is 56.6 Å². The maximum Gasteiger partial charge on any atom is 0.245 e. The minimum atomic E-state index is -0.855. The van der Waals surface area contributed by atoms with Gasteiger partial charge in [-0.1, -0.05) is 84.9 Å². The summed E-state index contributed by atoms with van der Waals surface area (Å²) in [5, 5.41) is 16.7. The van der Waals surface area contributed by atoms with E-state index in [2.05, 4.69) is 10.6 Å². The first-order valence-corrected chi connectivity index (χ1v) is 13.8. The smallest absolute Gasteiger partial charge is 0.245 e. The maximum absolute atomic E-state index is 13.7. The van der Waals surface area contributed by atoms with Crippen LogP contribution in [0.5, 0.6) is 0 Å². The first-order chi connectivity index (χ1) is 19.4. The van der Waals surface area contributed by atoms with Crippen LogP contribution in [0.1, 0.15) is 28.7 Å². The monoisotopic (exact) mass is 540 g/mol. The molecule has 2 aliphatic heterocycles. The van der Waals surface area contributed by atoms with E-state index in [1.165, 1.54) is 4.90 Å². The van der Waals surface area contributed by atoms with E-state index in [4.69, 9.17) is 0 Å². The minimum absolute atomic E-state index is 0.0853. The lowest BCUT2D eigenvalue weighted by Gasteiger charge is -2.32. The highest BCUT2D eigenvalue weighted by Crippen LogP contribution is 2.23. The molecule has 0 bridgehead atoms. The van der Waals surface area contributed by atoms with Crippen molar-refractivity contribution in [1.82, 2.24) is 20.4 Å². The van der Waals surface area contributed by atoms with Crippen molar-refractivity contribution in [2.24, 2.45) is 0 Å². The fraction of sp³-hybridized carbons (Fsp3) is 0.344. The summed E-state index contributed by atoms with van der Waals surface area (Å²) < 4.78 is 0. The molecule has 0 aromatic heterocycles. The number of benzene rings is 3. The predicted molar refractivity (Wildman–Crippen MR) is 152 cm³/mol. The van der Waals surface area contributed by atoms with E-state index in [0.29, 0.717) is 25.9 Å². The summed E-state index contributed by atoms with van der Waals surface area (Å²) in [4.78, 5) is 44.0. The van der Waals surface area contributed by atoms with Crippen molar-refractivity contribution in [2.75, 3.05) is 13.6 Å². The van der Waals surface area contributed by atoms with Crippen LogP contribution in [0.3, 0.4) is 0 Å². The summed E-state index contributed by atoms with van der Waals surface area (Å²) in [6, 6.07) is 25.1. The summed E-state index contributed by atoms with van der Waals surface area (Å²) in [7, 11) is 1.72. The lowest BCUT2D eigenvalue weighted by molar-refractivity contribution is -0.142. The normalized spacial score (nSPS) is 20.9. The number of likely N-dealkylation sites (N-methyl/N-ethyl adjacent to an activating group) is 1. The Hall–Kier alpha value is -4.01. The molecule has 2 heterocycles. The second-order valence-corrected chi connectivity index (χ2v) is 10.7. The van der Waals surface area contributed by atoms with Crippen molar-refractivity contribution >= 4 is 17.7 Å². The van der Waals surface area contributed by atoms with E-state index in [0.717, 1.165) is 22.3 Å². The number of hydrogen-bond donors (Lipinski definition) is 3. The number of carbonyl (C=O) groups is 3. The molecule has 0 saturated carbocycles. The molecule has 8 nitrogen and oxygen atoms in total. The number of aliphatic hydroxyl groups excluding tert-OH is 1. The number of likely N-dealkylation sites (tertiary alicyclic amines) is 1. The number of fused-ring (bicyclic) bond motifs is 1. The summed E-state index contributed by atoms with van der Waals surface area (Å²) >= 11 is 0. The topological polar surface area (TPSA) is 102 Å². The molecule has 4 atom stereocenters. The summed E-state index contributed by atoms with van der Waals surface area (Å²) in [5.74, 6) is -0.857. The Morgan fingerprint density at radius 1 is 0.950 bits per heavy atom. The van der Waals surface area contributed by atoms with Crippen LogP contribution in [0.4, 0.5) is 0 Å². The summed E-state index contributed by atoms with van der Waals surface area (Å²) in [5.41, 5.74) is 4.17. The molecule has 1 saturated heterocycles. The van der Waals surface area contributed by atoms with Gasteiger partial charge < -0.3 is 25.5 Å². The third-order valence-electron chi connectivity index (χ3n) is 7.78. The van der Waals surface area contributed by atoms with Gasteiger partial charge in [-0.15, -0.1) is 0 Å². The Bertz CT molecular complexity index is 1330. The van der Waals surface area contributed by atoms with E-state index in [9.17, 15) is 19.5 Å². The SMILES string of the molecule is CN(Cc1ccccc1)C(=O)[C@H](Cc1ccccc1)NC(=O)[C@@H]1C[C@@H](O)CN1C(=O)[C@@H]1Cc2ccccc2CN1. The first-order valence-electron chi connectivity index (χ1n) is 13.8. The van der Waals surface area contributed by atoms with Crippen molar-refractivity contribution < 1.29 is 19.5 Å². The van der Waals surface area contributed by atoms with Gasteiger partial charge in [0.05, 0.1) is 12.1 Å². The Labute approximate surface area is 235 Å². The fourth-order valence-electron chi connectivity index (χ4n) is 5.65. The molecule has 3 aromatic rings. The number of aliphatic hydroxyl groups is 1. The van der Waals surface area contributed by atoms with Crippen LogP contribution in [-0.2, 0) is 40.3 Å². The molecular weight excluding hydrogens is 504 g/mol. The Morgan fingerprint density at radius 3 is 2.27 bits per heavy atom. The van der Waals surface area contributed by atoms with Gasteiger partial charge in [0.15, 0.2) is 0 Å². The number of amides is 3. The molecule has 3 N–H and O–H groups in total. The standard InChI is InChI=1S/C32H36N4O4/c1-35(20-23-12-6-3-7-13-23)31(39)28(16-22-10-4-2-5-11-22)34-30(38)29-18-26(37)21-36(29)32(40)27-17-24-14-8-9-15-25(24)19-33-27/h2-15,26-29,33,37H,16-21H2,1H3,(H,34,38)/t26-,27+,28+,29+/m1/s1. The molecule has 2 aliphatic rings. The zero-order valence-electron chi connectivity index (χ0n) is 22.7. The molecule has 1 fully saturated rings. The number of nitrogens with zero attached hydrogens (tertiary/aromatic N) is 2. The van der Waals surface area contributed by atoms with Gasteiger partial charge in [0, 0.05) is 39.5 Å². The molecule has 8 heteroatoms. The van der Waals surface area contributed by atoms with Gasteiger partial charge in [-0.05, 0) is 28.7 Å². The Balaban J connectivity index is 1.31. The van der Waals surface area contributed by atoms with Crippen LogP contribution in [-0.4, -0.2) is 70.4 Å². The molecule has 3 amide bonds. The molecule has 3 aromatic carbocycles. The maximum atomic E-state index is 13.7. The quantitative estimate of drug-likeness (QED) is 0.406. The Morgan fingerprint density at radius 2 is 1.57 bits per heavy atom. The highest BCUT2D eigenvalue weighted by Gasteiger charge is 2.42. The van der Waals surface area contributed by atoms with E-state index >= 15 is 0 Å². The third-order valence-corrected chi connectivity index (χ3v) is 7.78. The number of hydrogen-bond acceptors (Lipinski definition) is 5. The van der Waals surface area contributed by atoms with Gasteiger partial charge in [0.25, 0.3) is 0 Å². The molecule has 208 valence electrons. The molecule has 0 radical (unpaired) electrons. The number of nitrogens with one attached hydrogen (secondary N) is 2. The zero-order chi connectivity index (χ0) is 28.1. The zero-order valence-corrected chi connectivity index (χ0v) is 22.7. The largest absolute Gasteiger partial charge is 0.391 e. The second kappa shape index (κ2) is 12.4. The predicted octanol–water partition coefficient (Wildman–Crippen LogP) is 2.05. The van der Waals surface area contributed by atoms with Gasteiger partial charge in [0.1, 0.15) is 12.1 Å². The van der Waals surface area contributed by atoms with E-state index in [-0.39, 0.29) is 24.8 Å². The summed E-state index contributed by atoms with van der Waals surface area (Å²) in [6.45, 7) is 1.06. The Kier molecular flexibility index (Phi) is 8.57. The lowest BCUT2D eigenvalue weighted by Crippen LogP contribution is -2.57. The second-order valence-electron chi connectivity index (χ2n) is 10.7.